The highest BCUT2D eigenvalue weighted by molar-refractivity contribution is 6.22. The van der Waals surface area contributed by atoms with Crippen molar-refractivity contribution in [3.8, 4) is 0 Å². The second-order valence-electron chi connectivity index (χ2n) is 8.30. The quantitative estimate of drug-likeness (QED) is 0.305. The molecule has 1 aliphatic rings. The van der Waals surface area contributed by atoms with Gasteiger partial charge in [-0.15, -0.1) is 0 Å². The molecule has 1 heterocycles. The Morgan fingerprint density at radius 3 is 1.73 bits per heavy atom. The highest BCUT2D eigenvalue weighted by Gasteiger charge is 2.37. The third-order valence-electron chi connectivity index (χ3n) is 5.45. The lowest BCUT2D eigenvalue weighted by atomic mass is 10.1. The molecular weight excluding hydrogens is 532 g/mol. The molecule has 0 atom stereocenters. The summed E-state index contributed by atoms with van der Waals surface area (Å²) in [5, 5.41) is 4.80. The molecule has 3 aromatic carbocycles. The Kier molecular flexibility index (Phi) is 8.23. The van der Waals surface area contributed by atoms with E-state index in [0.29, 0.717) is 4.90 Å². The van der Waals surface area contributed by atoms with E-state index in [-0.39, 0.29) is 28.1 Å². The lowest BCUT2D eigenvalue weighted by molar-refractivity contribution is -0.147. The standard InChI is InChI=1S/C27H19F2N3O8/c28-16-2-6-18(7-3-16)30-22(33)13-39-24(35)12-32-25(36)20-10-1-15(11-21(20)26(32)37)27(38)40-14-23(34)31-19-8-4-17(29)5-9-19/h1-11H,12-14H2,(H,30,33)(H,31,34). The normalized spacial score (nSPS) is 12.0. The van der Waals surface area contributed by atoms with E-state index in [2.05, 4.69) is 10.6 Å². The number of amides is 4. The number of anilines is 2. The molecule has 40 heavy (non-hydrogen) atoms. The number of esters is 2. The number of hydrogen-bond donors (Lipinski definition) is 2. The fraction of sp³-hybridized carbons (Fsp3) is 0.111. The van der Waals surface area contributed by atoms with Gasteiger partial charge in [0.05, 0.1) is 16.7 Å². The van der Waals surface area contributed by atoms with Crippen LogP contribution in [0.5, 0.6) is 0 Å². The van der Waals surface area contributed by atoms with E-state index < -0.39 is 67.0 Å². The molecule has 0 unspecified atom stereocenters. The summed E-state index contributed by atoms with van der Waals surface area (Å²) in [6, 6.07) is 13.3. The number of fused-ring (bicyclic) bond motifs is 1. The number of carbonyl (C=O) groups is 6. The number of rotatable bonds is 9. The lowest BCUT2D eigenvalue weighted by Crippen LogP contribution is -2.36. The Balaban J connectivity index is 1.29. The first kappa shape index (κ1) is 27.6. The van der Waals surface area contributed by atoms with Gasteiger partial charge in [-0.05, 0) is 66.7 Å². The Labute approximate surface area is 224 Å². The van der Waals surface area contributed by atoms with E-state index in [1.54, 1.807) is 0 Å². The molecule has 0 aromatic heterocycles. The summed E-state index contributed by atoms with van der Waals surface area (Å²) in [5.74, 6) is -6.10. The minimum atomic E-state index is -1.05. The summed E-state index contributed by atoms with van der Waals surface area (Å²) in [5.41, 5.74) is 0.188. The molecule has 0 bridgehead atoms. The molecule has 0 saturated heterocycles. The first-order chi connectivity index (χ1) is 19.1. The van der Waals surface area contributed by atoms with Crippen molar-refractivity contribution < 1.29 is 47.0 Å². The number of ether oxygens (including phenoxy) is 2. The highest BCUT2D eigenvalue weighted by Crippen LogP contribution is 2.24. The van der Waals surface area contributed by atoms with Crippen molar-refractivity contribution in [2.24, 2.45) is 0 Å². The smallest absolute Gasteiger partial charge is 0.338 e. The maximum absolute atomic E-state index is 13.0. The van der Waals surface area contributed by atoms with Crippen LogP contribution in [0.25, 0.3) is 0 Å². The molecule has 4 amide bonds. The van der Waals surface area contributed by atoms with Crippen molar-refractivity contribution in [3.63, 3.8) is 0 Å². The van der Waals surface area contributed by atoms with Gasteiger partial charge in [0.15, 0.2) is 13.2 Å². The van der Waals surface area contributed by atoms with E-state index >= 15 is 0 Å². The van der Waals surface area contributed by atoms with Gasteiger partial charge in [0, 0.05) is 11.4 Å². The van der Waals surface area contributed by atoms with Crippen LogP contribution in [0.4, 0.5) is 20.2 Å². The second kappa shape index (κ2) is 11.9. The summed E-state index contributed by atoms with van der Waals surface area (Å²) >= 11 is 0. The molecule has 0 radical (unpaired) electrons. The van der Waals surface area contributed by atoms with E-state index in [1.165, 1.54) is 36.4 Å². The van der Waals surface area contributed by atoms with Crippen LogP contribution in [0.1, 0.15) is 31.1 Å². The van der Waals surface area contributed by atoms with Gasteiger partial charge in [0.25, 0.3) is 23.6 Å². The van der Waals surface area contributed by atoms with Crippen molar-refractivity contribution in [3.05, 3.63) is 95.1 Å². The SMILES string of the molecule is O=C(COC(=O)CN1C(=O)c2ccc(C(=O)OCC(=O)Nc3ccc(F)cc3)cc2C1=O)Nc1ccc(F)cc1. The van der Waals surface area contributed by atoms with Crippen LogP contribution in [0.3, 0.4) is 0 Å². The average Bonchev–Trinajstić information content (AvgIpc) is 3.17. The van der Waals surface area contributed by atoms with Gasteiger partial charge in [-0.3, -0.25) is 28.9 Å². The van der Waals surface area contributed by atoms with Crippen LogP contribution >= 0.6 is 0 Å². The highest BCUT2D eigenvalue weighted by atomic mass is 19.1. The lowest BCUT2D eigenvalue weighted by Gasteiger charge is -2.13. The Bertz CT molecular complexity index is 1510. The Hall–Kier alpha value is -5.46. The Morgan fingerprint density at radius 2 is 1.18 bits per heavy atom. The van der Waals surface area contributed by atoms with Gasteiger partial charge in [-0.25, -0.2) is 13.6 Å². The van der Waals surface area contributed by atoms with Gasteiger partial charge >= 0.3 is 11.9 Å². The fourth-order valence-corrected chi connectivity index (χ4v) is 3.56. The summed E-state index contributed by atoms with van der Waals surface area (Å²) < 4.78 is 35.7. The number of halogens is 2. The third kappa shape index (κ3) is 6.69. The van der Waals surface area contributed by atoms with Crippen molar-refractivity contribution >= 4 is 46.9 Å². The number of hydrogen-bond acceptors (Lipinski definition) is 8. The molecule has 0 fully saturated rings. The largest absolute Gasteiger partial charge is 0.454 e. The molecule has 0 aliphatic carbocycles. The summed E-state index contributed by atoms with van der Waals surface area (Å²) in [4.78, 5) is 74.5. The maximum atomic E-state index is 13.0. The topological polar surface area (TPSA) is 148 Å². The number of imide groups is 1. The van der Waals surface area contributed by atoms with Crippen molar-refractivity contribution in [1.82, 2.24) is 4.90 Å². The predicted octanol–water partition coefficient (Wildman–Crippen LogP) is 2.54. The molecule has 3 aromatic rings. The third-order valence-corrected chi connectivity index (χ3v) is 5.45. The Morgan fingerprint density at radius 1 is 0.675 bits per heavy atom. The van der Waals surface area contributed by atoms with E-state index in [9.17, 15) is 37.5 Å². The number of carbonyl (C=O) groups excluding carboxylic acids is 6. The first-order valence-corrected chi connectivity index (χ1v) is 11.5. The van der Waals surface area contributed by atoms with Gasteiger partial charge < -0.3 is 20.1 Å². The van der Waals surface area contributed by atoms with Crippen LogP contribution in [-0.2, 0) is 23.9 Å². The molecule has 13 heteroatoms. The average molecular weight is 551 g/mol. The zero-order chi connectivity index (χ0) is 28.8. The number of nitrogens with zero attached hydrogens (tertiary/aromatic N) is 1. The molecule has 4 rings (SSSR count). The molecule has 1 aliphatic heterocycles. The fourth-order valence-electron chi connectivity index (χ4n) is 3.56. The summed E-state index contributed by atoms with van der Waals surface area (Å²) in [6.45, 7) is -2.18. The van der Waals surface area contributed by atoms with Crippen LogP contribution in [-0.4, -0.2) is 60.2 Å². The van der Waals surface area contributed by atoms with Crippen molar-refractivity contribution in [1.29, 1.82) is 0 Å². The second-order valence-corrected chi connectivity index (χ2v) is 8.30. The number of nitrogens with one attached hydrogen (secondary N) is 2. The van der Waals surface area contributed by atoms with Crippen molar-refractivity contribution in [2.75, 3.05) is 30.4 Å². The zero-order valence-corrected chi connectivity index (χ0v) is 20.4. The van der Waals surface area contributed by atoms with Crippen LogP contribution in [0.2, 0.25) is 0 Å². The van der Waals surface area contributed by atoms with Crippen LogP contribution in [0, 0.1) is 11.6 Å². The van der Waals surface area contributed by atoms with Gasteiger partial charge in [-0.1, -0.05) is 0 Å². The maximum Gasteiger partial charge on any atom is 0.338 e. The summed E-state index contributed by atoms with van der Waals surface area (Å²) in [6.07, 6.45) is 0. The number of benzene rings is 3. The minimum Gasteiger partial charge on any atom is -0.454 e. The zero-order valence-electron chi connectivity index (χ0n) is 20.4. The molecule has 11 nitrogen and oxygen atoms in total. The van der Waals surface area contributed by atoms with E-state index in [1.807, 2.05) is 0 Å². The van der Waals surface area contributed by atoms with Gasteiger partial charge in [0.1, 0.15) is 18.2 Å². The predicted molar refractivity (Wildman–Crippen MR) is 133 cm³/mol. The minimum absolute atomic E-state index is 0.0718. The van der Waals surface area contributed by atoms with Crippen LogP contribution in [0.15, 0.2) is 66.7 Å². The molecule has 0 spiro atoms. The molecule has 2 N–H and O–H groups in total. The first-order valence-electron chi connectivity index (χ1n) is 11.5. The van der Waals surface area contributed by atoms with E-state index in [0.717, 1.165) is 30.3 Å². The van der Waals surface area contributed by atoms with Crippen LogP contribution < -0.4 is 10.6 Å². The van der Waals surface area contributed by atoms with E-state index in [4.69, 9.17) is 9.47 Å². The van der Waals surface area contributed by atoms with Gasteiger partial charge in [-0.2, -0.15) is 0 Å². The molecule has 204 valence electrons. The monoisotopic (exact) mass is 551 g/mol. The summed E-state index contributed by atoms with van der Waals surface area (Å²) in [7, 11) is 0. The molecule has 0 saturated carbocycles. The van der Waals surface area contributed by atoms with Gasteiger partial charge in [0.2, 0.25) is 0 Å². The molecular formula is C27H19F2N3O8. The van der Waals surface area contributed by atoms with Crippen molar-refractivity contribution in [2.45, 2.75) is 0 Å².